The monoisotopic (exact) mass is 317 g/mol. The largest absolute Gasteiger partial charge is 0.310 e. The first-order valence-electron chi connectivity index (χ1n) is 5.37. The highest BCUT2D eigenvalue weighted by Gasteiger charge is 2.18. The third-order valence-corrected chi connectivity index (χ3v) is 3.54. The quantitative estimate of drug-likeness (QED) is 0.836. The predicted molar refractivity (Wildman–Crippen MR) is 74.9 cm³/mol. The van der Waals surface area contributed by atoms with Gasteiger partial charge in [-0.15, -0.1) is 0 Å². The minimum absolute atomic E-state index is 0.323. The van der Waals surface area contributed by atoms with Crippen LogP contribution < -0.4 is 5.32 Å². The van der Waals surface area contributed by atoms with Crippen LogP contribution in [0.25, 0.3) is 0 Å². The van der Waals surface area contributed by atoms with Crippen LogP contribution in [0.2, 0.25) is 0 Å². The van der Waals surface area contributed by atoms with Gasteiger partial charge in [-0.05, 0) is 52.6 Å². The maximum Gasteiger partial charge on any atom is 0.0208 e. The fourth-order valence-corrected chi connectivity index (χ4v) is 1.54. The van der Waals surface area contributed by atoms with Crippen LogP contribution in [-0.4, -0.2) is 6.04 Å². The molecule has 0 aliphatic carbocycles. The summed E-state index contributed by atoms with van der Waals surface area (Å²) in [5.41, 5.74) is 1.68. The lowest BCUT2D eigenvalue weighted by molar-refractivity contribution is 0.285. The first-order valence-corrected chi connectivity index (χ1v) is 6.45. The van der Waals surface area contributed by atoms with Gasteiger partial charge in [-0.3, -0.25) is 0 Å². The van der Waals surface area contributed by atoms with E-state index in [9.17, 15) is 0 Å². The van der Waals surface area contributed by atoms with Crippen LogP contribution in [0.5, 0.6) is 0 Å². The summed E-state index contributed by atoms with van der Waals surface area (Å²) in [5, 5.41) is 3.56. The highest BCUT2D eigenvalue weighted by atomic mass is 127. The molecule has 1 unspecified atom stereocenters. The fourth-order valence-electron chi connectivity index (χ4n) is 1.18. The third-order valence-electron chi connectivity index (χ3n) is 2.82. The van der Waals surface area contributed by atoms with E-state index >= 15 is 0 Å². The molecule has 1 atom stereocenters. The molecule has 2 heteroatoms. The standard InChI is InChI=1S/C13H20IN/c1-10(13(2,3)4)15-9-11-5-7-12(14)8-6-11/h5-8,10,15H,9H2,1-4H3. The Bertz CT molecular complexity index is 297. The van der Waals surface area contributed by atoms with Gasteiger partial charge in [-0.25, -0.2) is 0 Å². The Balaban J connectivity index is 2.47. The first kappa shape index (κ1) is 13.0. The van der Waals surface area contributed by atoms with E-state index in [4.69, 9.17) is 0 Å². The van der Waals surface area contributed by atoms with Gasteiger partial charge in [-0.2, -0.15) is 0 Å². The fraction of sp³-hybridized carbons (Fsp3) is 0.538. The van der Waals surface area contributed by atoms with Gasteiger partial charge >= 0.3 is 0 Å². The molecule has 0 bridgehead atoms. The Morgan fingerprint density at radius 1 is 1.20 bits per heavy atom. The van der Waals surface area contributed by atoms with E-state index in [1.165, 1.54) is 9.13 Å². The summed E-state index contributed by atoms with van der Waals surface area (Å²) in [6, 6.07) is 9.20. The summed E-state index contributed by atoms with van der Waals surface area (Å²) >= 11 is 2.33. The summed E-state index contributed by atoms with van der Waals surface area (Å²) in [7, 11) is 0. The molecule has 1 aromatic carbocycles. The molecule has 0 amide bonds. The summed E-state index contributed by atoms with van der Waals surface area (Å²) in [6.07, 6.45) is 0. The smallest absolute Gasteiger partial charge is 0.0208 e. The molecular formula is C13H20IN. The van der Waals surface area contributed by atoms with Gasteiger partial charge in [0.2, 0.25) is 0 Å². The Morgan fingerprint density at radius 3 is 2.20 bits per heavy atom. The van der Waals surface area contributed by atoms with Gasteiger partial charge in [0.15, 0.2) is 0 Å². The van der Waals surface area contributed by atoms with Crippen LogP contribution in [0.15, 0.2) is 24.3 Å². The van der Waals surface area contributed by atoms with Crippen LogP contribution in [0, 0.1) is 8.99 Å². The molecule has 0 aliphatic heterocycles. The minimum Gasteiger partial charge on any atom is -0.310 e. The molecule has 0 heterocycles. The van der Waals surface area contributed by atoms with Gasteiger partial charge < -0.3 is 5.32 Å². The summed E-state index contributed by atoms with van der Waals surface area (Å²) in [5.74, 6) is 0. The molecule has 1 aromatic rings. The number of benzene rings is 1. The second kappa shape index (κ2) is 5.30. The van der Waals surface area contributed by atoms with Gasteiger partial charge in [0.05, 0.1) is 0 Å². The van der Waals surface area contributed by atoms with E-state index in [1.807, 2.05) is 0 Å². The number of nitrogens with one attached hydrogen (secondary N) is 1. The van der Waals surface area contributed by atoms with Crippen LogP contribution in [0.1, 0.15) is 33.3 Å². The van der Waals surface area contributed by atoms with Crippen LogP contribution in [-0.2, 0) is 6.54 Å². The zero-order chi connectivity index (χ0) is 11.5. The average Bonchev–Trinajstić information content (AvgIpc) is 2.15. The Labute approximate surface area is 107 Å². The van der Waals surface area contributed by atoms with Crippen molar-refractivity contribution in [2.45, 2.75) is 40.3 Å². The minimum atomic E-state index is 0.323. The Kier molecular flexibility index (Phi) is 4.59. The van der Waals surface area contributed by atoms with Crippen molar-refractivity contribution in [1.82, 2.24) is 5.32 Å². The van der Waals surface area contributed by atoms with Crippen LogP contribution in [0.4, 0.5) is 0 Å². The van der Waals surface area contributed by atoms with E-state index in [1.54, 1.807) is 0 Å². The molecule has 15 heavy (non-hydrogen) atoms. The molecule has 84 valence electrons. The van der Waals surface area contributed by atoms with Crippen molar-refractivity contribution >= 4 is 22.6 Å². The van der Waals surface area contributed by atoms with Crippen molar-refractivity contribution in [2.75, 3.05) is 0 Å². The van der Waals surface area contributed by atoms with Crippen LogP contribution in [0.3, 0.4) is 0 Å². The third kappa shape index (κ3) is 4.51. The van der Waals surface area contributed by atoms with E-state index in [0.717, 1.165) is 6.54 Å². The SMILES string of the molecule is CC(NCc1ccc(I)cc1)C(C)(C)C. The molecule has 0 saturated heterocycles. The number of halogens is 1. The van der Waals surface area contributed by atoms with E-state index in [0.29, 0.717) is 11.5 Å². The molecule has 0 aromatic heterocycles. The first-order chi connectivity index (χ1) is 6.89. The summed E-state index contributed by atoms with van der Waals surface area (Å²) < 4.78 is 1.29. The number of hydrogen-bond acceptors (Lipinski definition) is 1. The Morgan fingerprint density at radius 2 is 1.73 bits per heavy atom. The lowest BCUT2D eigenvalue weighted by Gasteiger charge is -2.28. The molecular weight excluding hydrogens is 297 g/mol. The van der Waals surface area contributed by atoms with Crippen molar-refractivity contribution in [3.63, 3.8) is 0 Å². The molecule has 0 fully saturated rings. The molecule has 0 aliphatic rings. The predicted octanol–water partition coefficient (Wildman–Crippen LogP) is 3.82. The van der Waals surface area contributed by atoms with Gasteiger partial charge in [0.25, 0.3) is 0 Å². The molecule has 0 radical (unpaired) electrons. The lowest BCUT2D eigenvalue weighted by atomic mass is 9.88. The summed E-state index contributed by atoms with van der Waals surface area (Å²) in [6.45, 7) is 9.98. The van der Waals surface area contributed by atoms with Crippen molar-refractivity contribution in [3.8, 4) is 0 Å². The lowest BCUT2D eigenvalue weighted by Crippen LogP contribution is -2.37. The highest BCUT2D eigenvalue weighted by molar-refractivity contribution is 14.1. The normalized spacial score (nSPS) is 13.9. The number of hydrogen-bond donors (Lipinski definition) is 1. The second-order valence-electron chi connectivity index (χ2n) is 5.10. The van der Waals surface area contributed by atoms with Gasteiger partial charge in [0.1, 0.15) is 0 Å². The second-order valence-corrected chi connectivity index (χ2v) is 6.34. The Hall–Kier alpha value is -0.0900. The van der Waals surface area contributed by atoms with Crippen molar-refractivity contribution in [2.24, 2.45) is 5.41 Å². The van der Waals surface area contributed by atoms with Crippen molar-refractivity contribution < 1.29 is 0 Å². The zero-order valence-electron chi connectivity index (χ0n) is 9.97. The highest BCUT2D eigenvalue weighted by Crippen LogP contribution is 2.18. The van der Waals surface area contributed by atoms with E-state index < -0.39 is 0 Å². The summed E-state index contributed by atoms with van der Waals surface area (Å²) in [4.78, 5) is 0. The van der Waals surface area contributed by atoms with E-state index in [2.05, 4.69) is 79.9 Å². The molecule has 1 rings (SSSR count). The molecule has 0 saturated carbocycles. The van der Waals surface area contributed by atoms with Gasteiger partial charge in [-0.1, -0.05) is 32.9 Å². The number of rotatable bonds is 3. The van der Waals surface area contributed by atoms with Crippen molar-refractivity contribution in [1.29, 1.82) is 0 Å². The molecule has 1 N–H and O–H groups in total. The maximum absolute atomic E-state index is 3.56. The van der Waals surface area contributed by atoms with E-state index in [-0.39, 0.29) is 0 Å². The topological polar surface area (TPSA) is 12.0 Å². The maximum atomic E-state index is 3.56. The van der Waals surface area contributed by atoms with Crippen LogP contribution >= 0.6 is 22.6 Å². The molecule has 0 spiro atoms. The molecule has 1 nitrogen and oxygen atoms in total. The van der Waals surface area contributed by atoms with Gasteiger partial charge in [0, 0.05) is 16.2 Å². The van der Waals surface area contributed by atoms with Crippen molar-refractivity contribution in [3.05, 3.63) is 33.4 Å². The zero-order valence-corrected chi connectivity index (χ0v) is 12.1. The average molecular weight is 317 g/mol.